The van der Waals surface area contributed by atoms with Crippen LogP contribution < -0.4 is 19.7 Å². The highest BCUT2D eigenvalue weighted by atomic mass is 35.5. The minimum Gasteiger partial charge on any atom is -0.455 e. The number of anilines is 2. The van der Waals surface area contributed by atoms with Crippen LogP contribution in [-0.2, 0) is 14.8 Å². The third-order valence-electron chi connectivity index (χ3n) is 13.0. The molecule has 5 heterocycles. The normalized spacial score (nSPS) is 19.9. The van der Waals surface area contributed by atoms with Gasteiger partial charge in [-0.2, -0.15) is 0 Å². The van der Waals surface area contributed by atoms with Crippen LogP contribution in [0.5, 0.6) is 11.5 Å². The molecule has 1 amide bonds. The van der Waals surface area contributed by atoms with Crippen molar-refractivity contribution in [2.24, 2.45) is 11.3 Å². The summed E-state index contributed by atoms with van der Waals surface area (Å²) in [5, 5.41) is 16.8. The summed E-state index contributed by atoms with van der Waals surface area (Å²) >= 11 is 6.36. The first kappa shape index (κ1) is 40.2. The van der Waals surface area contributed by atoms with Crippen molar-refractivity contribution >= 4 is 55.6 Å². The minimum absolute atomic E-state index is 0.0177. The zero-order valence-corrected chi connectivity index (χ0v) is 34.7. The monoisotopic (exact) mass is 853 g/mol. The molecule has 3 aromatic carbocycles. The number of rotatable bonds is 12. The number of piperidine rings is 1. The number of halogens is 1. The first-order valence-corrected chi connectivity index (χ1v) is 22.6. The lowest BCUT2D eigenvalue weighted by molar-refractivity contribution is -0.384. The van der Waals surface area contributed by atoms with E-state index in [-0.39, 0.29) is 22.9 Å². The summed E-state index contributed by atoms with van der Waals surface area (Å²) < 4.78 is 41.2. The van der Waals surface area contributed by atoms with Crippen molar-refractivity contribution in [2.45, 2.75) is 68.3 Å². The maximum atomic E-state index is 13.9. The van der Waals surface area contributed by atoms with E-state index < -0.39 is 31.4 Å². The van der Waals surface area contributed by atoms with E-state index in [2.05, 4.69) is 41.9 Å². The third kappa shape index (κ3) is 8.40. The molecule has 2 aromatic heterocycles. The Hall–Kier alpha value is -5.22. The van der Waals surface area contributed by atoms with Gasteiger partial charge in [-0.05, 0) is 123 Å². The third-order valence-corrected chi connectivity index (χ3v) is 14.5. The van der Waals surface area contributed by atoms with E-state index in [1.807, 2.05) is 24.3 Å². The molecular weight excluding hydrogens is 806 g/mol. The Balaban J connectivity index is 0.906. The first-order valence-electron chi connectivity index (χ1n) is 20.7. The van der Waals surface area contributed by atoms with Gasteiger partial charge in [0.25, 0.3) is 21.6 Å². The fourth-order valence-electron chi connectivity index (χ4n) is 9.62. The quantitative estimate of drug-likeness (QED) is 0.0812. The summed E-state index contributed by atoms with van der Waals surface area (Å²) in [6, 6.07) is 21.6. The second-order valence-electron chi connectivity index (χ2n) is 16.7. The summed E-state index contributed by atoms with van der Waals surface area (Å²) in [5.41, 5.74) is 2.90. The fraction of sp³-hybridized carbons (Fsp3) is 0.409. The molecular formula is C44H48ClN7O7S. The number of likely N-dealkylation sites (tertiary alicyclic amines) is 1. The molecule has 4 aliphatic rings. The second-order valence-corrected chi connectivity index (χ2v) is 18.8. The Morgan fingerprint density at radius 2 is 1.83 bits per heavy atom. The van der Waals surface area contributed by atoms with E-state index in [1.54, 1.807) is 24.4 Å². The van der Waals surface area contributed by atoms with Gasteiger partial charge in [-0.3, -0.25) is 19.8 Å². The number of nitrogens with one attached hydrogen (secondary N) is 3. The molecule has 3 aliphatic heterocycles. The number of nitrogens with zero attached hydrogens (tertiary/aromatic N) is 4. The molecule has 3 saturated heterocycles. The second kappa shape index (κ2) is 16.7. The van der Waals surface area contributed by atoms with Crippen molar-refractivity contribution in [3.8, 4) is 11.5 Å². The zero-order valence-electron chi connectivity index (χ0n) is 33.1. The summed E-state index contributed by atoms with van der Waals surface area (Å²) in [6.07, 6.45) is 11.7. The molecule has 1 spiro atoms. The molecule has 4 fully saturated rings. The molecule has 14 nitrogen and oxygen atoms in total. The van der Waals surface area contributed by atoms with Crippen LogP contribution in [-0.4, -0.2) is 79.6 Å². The number of aromatic nitrogens is 2. The maximum absolute atomic E-state index is 13.9. The average molecular weight is 854 g/mol. The molecule has 60 heavy (non-hydrogen) atoms. The van der Waals surface area contributed by atoms with Crippen LogP contribution in [0.2, 0.25) is 5.02 Å². The smallest absolute Gasteiger partial charge is 0.293 e. The summed E-state index contributed by atoms with van der Waals surface area (Å²) in [6.45, 7) is 4.53. The number of sulfonamides is 1. The zero-order chi connectivity index (χ0) is 41.4. The highest BCUT2D eigenvalue weighted by molar-refractivity contribution is 7.90. The Labute approximate surface area is 353 Å². The number of carbonyl (C=O) groups is 1. The Morgan fingerprint density at radius 3 is 2.62 bits per heavy atom. The van der Waals surface area contributed by atoms with E-state index in [0.29, 0.717) is 48.7 Å². The predicted octanol–water partition coefficient (Wildman–Crippen LogP) is 8.46. The van der Waals surface area contributed by atoms with Gasteiger partial charge in [0.05, 0.1) is 21.6 Å². The number of pyridine rings is 1. The summed E-state index contributed by atoms with van der Waals surface area (Å²) in [7, 11) is -4.54. The van der Waals surface area contributed by atoms with Gasteiger partial charge in [0.1, 0.15) is 22.8 Å². The van der Waals surface area contributed by atoms with Crippen molar-refractivity contribution in [1.82, 2.24) is 19.6 Å². The largest absolute Gasteiger partial charge is 0.455 e. The van der Waals surface area contributed by atoms with Crippen molar-refractivity contribution < 1.29 is 27.6 Å². The molecule has 1 saturated carbocycles. The van der Waals surface area contributed by atoms with Gasteiger partial charge < -0.3 is 24.7 Å². The minimum atomic E-state index is -4.54. The number of hydrogen-bond donors (Lipinski definition) is 3. The molecule has 0 radical (unpaired) electrons. The van der Waals surface area contributed by atoms with Gasteiger partial charge in [-0.1, -0.05) is 23.7 Å². The Morgan fingerprint density at radius 1 is 1.02 bits per heavy atom. The lowest BCUT2D eigenvalue weighted by Gasteiger charge is -2.56. The van der Waals surface area contributed by atoms with Gasteiger partial charge in [0.15, 0.2) is 0 Å². The van der Waals surface area contributed by atoms with Crippen LogP contribution in [0.3, 0.4) is 0 Å². The van der Waals surface area contributed by atoms with Crippen LogP contribution in [0.4, 0.5) is 17.1 Å². The van der Waals surface area contributed by atoms with Gasteiger partial charge in [0.2, 0.25) is 0 Å². The van der Waals surface area contributed by atoms with E-state index >= 15 is 0 Å². The van der Waals surface area contributed by atoms with E-state index in [9.17, 15) is 23.3 Å². The van der Waals surface area contributed by atoms with Gasteiger partial charge >= 0.3 is 0 Å². The number of fused-ring (bicyclic) bond motifs is 1. The van der Waals surface area contributed by atoms with Crippen LogP contribution in [0, 0.1) is 21.4 Å². The van der Waals surface area contributed by atoms with Crippen LogP contribution in [0.1, 0.15) is 73.3 Å². The molecule has 9 rings (SSSR count). The maximum Gasteiger partial charge on any atom is 0.293 e. The number of carbonyl (C=O) groups excluding carboxylic acids is 1. The van der Waals surface area contributed by atoms with Crippen LogP contribution in [0.15, 0.2) is 90.1 Å². The van der Waals surface area contributed by atoms with Crippen LogP contribution in [0.25, 0.3) is 11.0 Å². The van der Waals surface area contributed by atoms with E-state index in [0.717, 1.165) is 73.9 Å². The number of nitro groups is 1. The fourth-order valence-corrected chi connectivity index (χ4v) is 10.8. The van der Waals surface area contributed by atoms with Gasteiger partial charge in [-0.25, -0.2) is 18.1 Å². The first-order chi connectivity index (χ1) is 29.0. The number of amides is 1. The number of hydrogen-bond acceptors (Lipinski definition) is 11. The summed E-state index contributed by atoms with van der Waals surface area (Å²) in [5.74, 6) is -0.138. The molecule has 5 aromatic rings. The van der Waals surface area contributed by atoms with Crippen molar-refractivity contribution in [3.05, 3.63) is 111 Å². The molecule has 3 N–H and O–H groups in total. The highest BCUT2D eigenvalue weighted by Crippen LogP contribution is 2.54. The number of H-pyrrole nitrogens is 1. The van der Waals surface area contributed by atoms with Crippen molar-refractivity contribution in [2.75, 3.05) is 49.6 Å². The molecule has 314 valence electrons. The van der Waals surface area contributed by atoms with Crippen LogP contribution >= 0.6 is 11.6 Å². The number of benzene rings is 3. The van der Waals surface area contributed by atoms with Crippen molar-refractivity contribution in [3.63, 3.8) is 0 Å². The van der Waals surface area contributed by atoms with E-state index in [4.69, 9.17) is 21.1 Å². The topological polar surface area (TPSA) is 172 Å². The molecule has 16 heteroatoms. The Kier molecular flexibility index (Phi) is 11.2. The molecule has 1 atom stereocenters. The van der Waals surface area contributed by atoms with Gasteiger partial charge in [0, 0.05) is 79.4 Å². The lowest BCUT2D eigenvalue weighted by Crippen LogP contribution is -2.54. The predicted molar refractivity (Wildman–Crippen MR) is 229 cm³/mol. The van der Waals surface area contributed by atoms with Crippen molar-refractivity contribution in [1.29, 1.82) is 0 Å². The highest BCUT2D eigenvalue weighted by Gasteiger charge is 2.49. The SMILES string of the molecule is O=C(NS(=O)(=O)c1ccc(NCC2CCOCC2)c([N+](=O)[O-])c1)c1ccc(N2CCC3(CC2)CC(N2CCC[C@@H]2c2cccc(Cl)c2)C3)cc1Oc1cnc2[nH]ccc2c1. The Bertz CT molecular complexity index is 2510. The molecule has 0 bridgehead atoms. The molecule has 1 aliphatic carbocycles. The standard InChI is InChI=1S/C44H48ClN7O7S/c45-32-4-1-3-30(21-32)39-5-2-16-51(39)34-25-44(26-34)13-17-50(18-14-44)33-6-8-37(41(23-33)59-35-22-31-10-15-46-42(31)48-28-35)43(53)49-60(56,57)36-7-9-38(40(24-36)52(54)55)47-27-29-11-19-58-20-12-29/h1,3-4,6-10,15,21-24,28-29,34,39,47H,2,5,11-14,16-20,25-27H2,(H,46,48)(H,49,53)/t39-/m1/s1. The van der Waals surface area contributed by atoms with Gasteiger partial charge in [-0.15, -0.1) is 0 Å². The molecule has 0 unspecified atom stereocenters. The average Bonchev–Trinajstić information content (AvgIpc) is 3.92. The number of ether oxygens (including phenoxy) is 2. The van der Waals surface area contributed by atoms with E-state index in [1.165, 1.54) is 43.2 Å². The number of aromatic amines is 1. The lowest BCUT2D eigenvalue weighted by atomic mass is 9.60. The summed E-state index contributed by atoms with van der Waals surface area (Å²) in [4.78, 5) is 37.4. The number of nitro benzene ring substituents is 1.